The molecule has 0 N–H and O–H groups in total. The normalized spacial score (nSPS) is 12.3. The topological polar surface area (TPSA) is 23.8 Å². The van der Waals surface area contributed by atoms with E-state index >= 15 is 0 Å². The molecule has 0 saturated heterocycles. The third-order valence-corrected chi connectivity index (χ3v) is 2.84. The second-order valence-electron chi connectivity index (χ2n) is 4.71. The summed E-state index contributed by atoms with van der Waals surface area (Å²) in [6.07, 6.45) is 2.06. The summed E-state index contributed by atoms with van der Waals surface area (Å²) in [4.78, 5) is 0. The lowest BCUT2D eigenvalue weighted by Gasteiger charge is -2.23. The Morgan fingerprint density at radius 1 is 1.25 bits per heavy atom. The third-order valence-electron chi connectivity index (χ3n) is 2.37. The summed E-state index contributed by atoms with van der Waals surface area (Å²) in [6, 6.07) is 9.92. The Morgan fingerprint density at radius 3 is 2.19 bits per heavy atom. The zero-order valence-electron chi connectivity index (χ0n) is 10.2. The van der Waals surface area contributed by atoms with Gasteiger partial charge in [0, 0.05) is 0 Å². The van der Waals surface area contributed by atoms with Gasteiger partial charge in [0.2, 0.25) is 0 Å². The van der Waals surface area contributed by atoms with Crippen molar-refractivity contribution in [2.45, 2.75) is 20.8 Å². The van der Waals surface area contributed by atoms with Crippen LogP contribution in [0.1, 0.15) is 31.9 Å². The van der Waals surface area contributed by atoms with Crippen LogP contribution in [0.2, 0.25) is 0 Å². The molecule has 2 heteroatoms. The number of hydrogen-bond acceptors (Lipinski definition) is 2. The van der Waals surface area contributed by atoms with Crippen molar-refractivity contribution in [1.82, 2.24) is 0 Å². The molecule has 1 aromatic rings. The van der Waals surface area contributed by atoms with Crippen molar-refractivity contribution in [3.8, 4) is 6.07 Å². The van der Waals surface area contributed by atoms with Gasteiger partial charge < -0.3 is 0 Å². The van der Waals surface area contributed by atoms with Gasteiger partial charge >= 0.3 is 0 Å². The van der Waals surface area contributed by atoms with Crippen LogP contribution in [0, 0.1) is 16.7 Å². The van der Waals surface area contributed by atoms with Gasteiger partial charge in [-0.2, -0.15) is 5.26 Å². The average Bonchev–Trinajstić information content (AvgIpc) is 2.25. The van der Waals surface area contributed by atoms with Crippen LogP contribution in [0.3, 0.4) is 0 Å². The van der Waals surface area contributed by atoms with E-state index in [1.807, 2.05) is 24.3 Å². The van der Waals surface area contributed by atoms with Gasteiger partial charge in [0.15, 0.2) is 0 Å². The first-order chi connectivity index (χ1) is 7.49. The van der Waals surface area contributed by atoms with Gasteiger partial charge in [-0.25, -0.2) is 0 Å². The Labute approximate surface area is 102 Å². The van der Waals surface area contributed by atoms with Gasteiger partial charge in [0.25, 0.3) is 0 Å². The van der Waals surface area contributed by atoms with Crippen LogP contribution in [0.25, 0.3) is 5.57 Å². The van der Waals surface area contributed by atoms with Crippen LogP contribution in [-0.2, 0) is 0 Å². The minimum atomic E-state index is 0.122. The lowest BCUT2D eigenvalue weighted by atomic mass is 9.83. The lowest BCUT2D eigenvalue weighted by molar-refractivity contribution is 0.567. The van der Waals surface area contributed by atoms with E-state index in [0.29, 0.717) is 5.56 Å². The van der Waals surface area contributed by atoms with Crippen LogP contribution in [0.15, 0.2) is 29.7 Å². The first kappa shape index (κ1) is 12.9. The number of thioether (sulfide) groups is 1. The predicted molar refractivity (Wildman–Crippen MR) is 72.1 cm³/mol. The Hall–Kier alpha value is -1.20. The molecular formula is C14H17NS. The largest absolute Gasteiger partial charge is 0.192 e. The van der Waals surface area contributed by atoms with Crippen molar-refractivity contribution in [1.29, 1.82) is 5.26 Å². The molecule has 0 amide bonds. The fraction of sp³-hybridized carbons (Fsp3) is 0.357. The lowest BCUT2D eigenvalue weighted by Crippen LogP contribution is -2.08. The molecule has 0 radical (unpaired) electrons. The molecule has 0 unspecified atom stereocenters. The SMILES string of the molecule is CS/C=C(\c1ccc(C#N)cc1)C(C)(C)C. The fourth-order valence-corrected chi connectivity index (χ4v) is 2.25. The Morgan fingerprint density at radius 2 is 1.81 bits per heavy atom. The monoisotopic (exact) mass is 231 g/mol. The molecule has 0 heterocycles. The molecule has 0 atom stereocenters. The highest BCUT2D eigenvalue weighted by Gasteiger charge is 2.18. The summed E-state index contributed by atoms with van der Waals surface area (Å²) >= 11 is 1.71. The van der Waals surface area contributed by atoms with Crippen LogP contribution < -0.4 is 0 Å². The second-order valence-corrected chi connectivity index (χ2v) is 5.41. The number of nitriles is 1. The van der Waals surface area contributed by atoms with Crippen molar-refractivity contribution in [2.24, 2.45) is 5.41 Å². The molecule has 1 rings (SSSR count). The number of nitrogens with zero attached hydrogens (tertiary/aromatic N) is 1. The summed E-state index contributed by atoms with van der Waals surface area (Å²) in [5, 5.41) is 10.9. The first-order valence-electron chi connectivity index (χ1n) is 5.23. The van der Waals surface area contributed by atoms with Crippen LogP contribution >= 0.6 is 11.8 Å². The second kappa shape index (κ2) is 5.23. The zero-order valence-corrected chi connectivity index (χ0v) is 11.1. The van der Waals surface area contributed by atoms with Crippen molar-refractivity contribution in [2.75, 3.05) is 6.26 Å². The molecular weight excluding hydrogens is 214 g/mol. The smallest absolute Gasteiger partial charge is 0.0991 e. The Bertz CT molecular complexity index is 416. The summed E-state index contributed by atoms with van der Waals surface area (Å²) in [5.74, 6) is 0. The summed E-state index contributed by atoms with van der Waals surface area (Å²) in [6.45, 7) is 6.60. The van der Waals surface area contributed by atoms with Crippen molar-refractivity contribution in [3.05, 3.63) is 40.8 Å². The number of benzene rings is 1. The van der Waals surface area contributed by atoms with Crippen molar-refractivity contribution >= 4 is 17.3 Å². The molecule has 0 aromatic heterocycles. The molecule has 0 spiro atoms. The van der Waals surface area contributed by atoms with Crippen LogP contribution in [-0.4, -0.2) is 6.26 Å². The maximum Gasteiger partial charge on any atom is 0.0991 e. The maximum absolute atomic E-state index is 8.76. The van der Waals surface area contributed by atoms with E-state index in [1.165, 1.54) is 11.1 Å². The molecule has 1 nitrogen and oxygen atoms in total. The van der Waals surface area contributed by atoms with E-state index in [1.54, 1.807) is 11.8 Å². The maximum atomic E-state index is 8.76. The first-order valence-corrected chi connectivity index (χ1v) is 6.52. The highest BCUT2D eigenvalue weighted by Crippen LogP contribution is 2.35. The van der Waals surface area contributed by atoms with Crippen LogP contribution in [0.5, 0.6) is 0 Å². The minimum Gasteiger partial charge on any atom is -0.192 e. The molecule has 0 fully saturated rings. The Kier molecular flexibility index (Phi) is 4.20. The third kappa shape index (κ3) is 3.15. The van der Waals surface area contributed by atoms with Gasteiger partial charge in [-0.05, 0) is 40.3 Å². The van der Waals surface area contributed by atoms with E-state index in [-0.39, 0.29) is 5.41 Å². The van der Waals surface area contributed by atoms with E-state index < -0.39 is 0 Å². The molecule has 1 aromatic carbocycles. The minimum absolute atomic E-state index is 0.122. The molecule has 84 valence electrons. The van der Waals surface area contributed by atoms with Gasteiger partial charge in [-0.1, -0.05) is 32.9 Å². The molecule has 0 saturated carbocycles. The van der Waals surface area contributed by atoms with E-state index in [9.17, 15) is 0 Å². The Balaban J connectivity index is 3.14. The number of hydrogen-bond donors (Lipinski definition) is 0. The van der Waals surface area contributed by atoms with Gasteiger partial charge in [-0.3, -0.25) is 0 Å². The molecule has 0 aliphatic heterocycles. The fourth-order valence-electron chi connectivity index (χ4n) is 1.52. The van der Waals surface area contributed by atoms with E-state index in [4.69, 9.17) is 5.26 Å². The zero-order chi connectivity index (χ0) is 12.2. The van der Waals surface area contributed by atoms with E-state index in [0.717, 1.165) is 0 Å². The molecule has 16 heavy (non-hydrogen) atoms. The molecule has 0 aliphatic carbocycles. The predicted octanol–water partition coefficient (Wildman–Crippen LogP) is 4.31. The molecule has 0 bridgehead atoms. The van der Waals surface area contributed by atoms with Gasteiger partial charge in [0.05, 0.1) is 11.6 Å². The van der Waals surface area contributed by atoms with Crippen molar-refractivity contribution < 1.29 is 0 Å². The van der Waals surface area contributed by atoms with Gasteiger partial charge in [0.1, 0.15) is 0 Å². The standard InChI is InChI=1S/C14H17NS/c1-14(2,3)13(10-16-4)12-7-5-11(9-15)6-8-12/h5-8,10H,1-4H3/b13-10+. The average molecular weight is 231 g/mol. The van der Waals surface area contributed by atoms with Gasteiger partial charge in [-0.15, -0.1) is 11.8 Å². The number of allylic oxidation sites excluding steroid dienone is 1. The number of rotatable bonds is 2. The van der Waals surface area contributed by atoms with Crippen molar-refractivity contribution in [3.63, 3.8) is 0 Å². The highest BCUT2D eigenvalue weighted by atomic mass is 32.2. The highest BCUT2D eigenvalue weighted by molar-refractivity contribution is 8.01. The summed E-state index contributed by atoms with van der Waals surface area (Å²) in [5.41, 5.74) is 3.34. The summed E-state index contributed by atoms with van der Waals surface area (Å²) < 4.78 is 0. The van der Waals surface area contributed by atoms with E-state index in [2.05, 4.69) is 38.5 Å². The van der Waals surface area contributed by atoms with Crippen LogP contribution in [0.4, 0.5) is 0 Å². The quantitative estimate of drug-likeness (QED) is 0.757. The summed E-state index contributed by atoms with van der Waals surface area (Å²) in [7, 11) is 0. The molecule has 0 aliphatic rings.